The summed E-state index contributed by atoms with van der Waals surface area (Å²) in [5, 5.41) is 15.7. The minimum atomic E-state index is -4.57. The summed E-state index contributed by atoms with van der Waals surface area (Å²) in [6.45, 7) is 5.93. The fraction of sp³-hybridized carbons (Fsp3) is 0.308. The van der Waals surface area contributed by atoms with Crippen molar-refractivity contribution >= 4 is 35.9 Å². The van der Waals surface area contributed by atoms with Crippen LogP contribution >= 0.6 is 11.8 Å². The number of thioether (sulfide) groups is 1. The maximum Gasteiger partial charge on any atom is 0.405 e. The summed E-state index contributed by atoms with van der Waals surface area (Å²) in [6.07, 6.45) is -8.38. The smallest absolute Gasteiger partial charge is 0.405 e. The van der Waals surface area contributed by atoms with E-state index in [2.05, 4.69) is 0 Å². The number of aliphatic carboxylic acids is 2. The van der Waals surface area contributed by atoms with Crippen LogP contribution in [-0.2, 0) is 15.0 Å². The summed E-state index contributed by atoms with van der Waals surface area (Å²) in [7, 11) is 0. The Morgan fingerprint density at radius 1 is 0.946 bits per heavy atom. The Hall–Kier alpha value is -3.21. The molecule has 0 radical (unpaired) electrons. The number of rotatable bonds is 4. The van der Waals surface area contributed by atoms with Gasteiger partial charge in [0.15, 0.2) is 0 Å². The number of alkyl halides is 6. The molecule has 2 N–H and O–H groups in total. The number of benzene rings is 2. The number of hydrogen-bond acceptors (Lipinski definition) is 3. The third-order valence-electron chi connectivity index (χ3n) is 5.06. The molecule has 0 spiro atoms. The van der Waals surface area contributed by atoms with Crippen LogP contribution in [0, 0.1) is 0 Å². The van der Waals surface area contributed by atoms with Gasteiger partial charge in [-0.1, -0.05) is 63.2 Å². The summed E-state index contributed by atoms with van der Waals surface area (Å²) >= 11 is 0.526. The number of carbonyl (C=O) groups is 2. The van der Waals surface area contributed by atoms with E-state index in [0.717, 1.165) is 17.7 Å². The summed E-state index contributed by atoms with van der Waals surface area (Å²) < 4.78 is 75.2. The van der Waals surface area contributed by atoms with Gasteiger partial charge < -0.3 is 10.2 Å². The molecule has 0 bridgehead atoms. The molecule has 1 aliphatic rings. The van der Waals surface area contributed by atoms with Gasteiger partial charge in [0.2, 0.25) is 0 Å². The van der Waals surface area contributed by atoms with Crippen LogP contribution in [0.2, 0.25) is 0 Å². The number of fused-ring (bicyclic) bond motifs is 1. The lowest BCUT2D eigenvalue weighted by molar-refractivity contribution is -0.142. The molecule has 1 aliphatic heterocycles. The van der Waals surface area contributed by atoms with Gasteiger partial charge in [0.25, 0.3) is 0 Å². The van der Waals surface area contributed by atoms with Crippen molar-refractivity contribution in [3.63, 3.8) is 0 Å². The van der Waals surface area contributed by atoms with E-state index in [9.17, 15) is 35.9 Å². The van der Waals surface area contributed by atoms with Crippen LogP contribution in [0.4, 0.5) is 26.3 Å². The molecule has 0 amide bonds. The Morgan fingerprint density at radius 3 is 2.08 bits per heavy atom. The van der Waals surface area contributed by atoms with E-state index >= 15 is 0 Å². The molecule has 0 aliphatic carbocycles. The topological polar surface area (TPSA) is 74.6 Å². The minimum Gasteiger partial charge on any atom is -0.478 e. The van der Waals surface area contributed by atoms with Crippen LogP contribution in [-0.4, -0.2) is 39.8 Å². The van der Waals surface area contributed by atoms with Crippen LogP contribution in [0.1, 0.15) is 43.9 Å². The molecule has 1 atom stereocenters. The highest BCUT2D eigenvalue weighted by molar-refractivity contribution is 8.00. The van der Waals surface area contributed by atoms with Gasteiger partial charge in [-0.05, 0) is 40.3 Å². The Bertz CT molecular complexity index is 1210. The molecule has 1 heterocycles. The summed E-state index contributed by atoms with van der Waals surface area (Å²) in [6, 6.07) is 13.3. The largest absolute Gasteiger partial charge is 0.478 e. The Kier molecular flexibility index (Phi) is 9.29. The third kappa shape index (κ3) is 8.99. The van der Waals surface area contributed by atoms with Crippen LogP contribution in [0.15, 0.2) is 64.6 Å². The second-order valence-corrected chi connectivity index (χ2v) is 10.3. The molecule has 4 nitrogen and oxygen atoms in total. The SMILES string of the molecule is CC(C)(C)c1cccc(/C=C(\CC(F)(F)F)C(=O)O)c1.O=C(O)C1=Cc2ccccc2SC1C(F)(F)F. The normalized spacial score (nSPS) is 16.2. The van der Waals surface area contributed by atoms with Gasteiger partial charge in [0, 0.05) is 10.5 Å². The Morgan fingerprint density at radius 2 is 1.57 bits per heavy atom. The maximum atomic E-state index is 12.7. The van der Waals surface area contributed by atoms with Crippen molar-refractivity contribution in [1.29, 1.82) is 0 Å². The summed E-state index contributed by atoms with van der Waals surface area (Å²) in [4.78, 5) is 22.2. The molecule has 200 valence electrons. The van der Waals surface area contributed by atoms with Crippen LogP contribution in [0.25, 0.3) is 12.2 Å². The zero-order valence-corrected chi connectivity index (χ0v) is 20.8. The first-order chi connectivity index (χ1) is 16.9. The number of hydrogen-bond donors (Lipinski definition) is 2. The highest BCUT2D eigenvalue weighted by Gasteiger charge is 2.46. The highest BCUT2D eigenvalue weighted by atomic mass is 32.2. The summed E-state index contributed by atoms with van der Waals surface area (Å²) in [5.41, 5.74) is 0.458. The van der Waals surface area contributed by atoms with Crippen molar-refractivity contribution in [3.8, 4) is 0 Å². The van der Waals surface area contributed by atoms with E-state index in [1.54, 1.807) is 42.5 Å². The third-order valence-corrected chi connectivity index (χ3v) is 6.44. The van der Waals surface area contributed by atoms with Gasteiger partial charge in [0.05, 0.1) is 12.0 Å². The molecule has 2 aromatic carbocycles. The number of carboxylic acids is 2. The monoisotopic (exact) mass is 546 g/mol. The van der Waals surface area contributed by atoms with E-state index in [-0.39, 0.29) is 5.41 Å². The van der Waals surface area contributed by atoms with Gasteiger partial charge in [0.1, 0.15) is 5.25 Å². The van der Waals surface area contributed by atoms with Crippen molar-refractivity contribution in [2.45, 2.75) is 55.1 Å². The highest BCUT2D eigenvalue weighted by Crippen LogP contribution is 2.44. The van der Waals surface area contributed by atoms with Gasteiger partial charge in [-0.15, -0.1) is 11.8 Å². The second-order valence-electron chi connectivity index (χ2n) is 9.12. The first-order valence-corrected chi connectivity index (χ1v) is 11.6. The zero-order chi connectivity index (χ0) is 28.2. The quantitative estimate of drug-likeness (QED) is 0.305. The number of carboxylic acid groups (broad SMARTS) is 2. The lowest BCUT2D eigenvalue weighted by Gasteiger charge is -2.25. The molecule has 1 unspecified atom stereocenters. The van der Waals surface area contributed by atoms with Crippen molar-refractivity contribution in [1.82, 2.24) is 0 Å². The first-order valence-electron chi connectivity index (χ1n) is 10.8. The predicted molar refractivity (Wildman–Crippen MR) is 129 cm³/mol. The number of halogens is 6. The van der Waals surface area contributed by atoms with Gasteiger partial charge in [-0.25, -0.2) is 9.59 Å². The second kappa shape index (κ2) is 11.5. The first kappa shape index (κ1) is 30.0. The average molecular weight is 547 g/mol. The van der Waals surface area contributed by atoms with Crippen molar-refractivity contribution in [2.75, 3.05) is 0 Å². The van der Waals surface area contributed by atoms with E-state index in [1.165, 1.54) is 0 Å². The molecular formula is C26H24F6O4S. The van der Waals surface area contributed by atoms with Crippen LogP contribution in [0.5, 0.6) is 0 Å². The summed E-state index contributed by atoms with van der Waals surface area (Å²) in [5.74, 6) is -3.09. The predicted octanol–water partition coefficient (Wildman–Crippen LogP) is 7.60. The minimum absolute atomic E-state index is 0.155. The van der Waals surface area contributed by atoms with Crippen LogP contribution < -0.4 is 0 Å². The van der Waals surface area contributed by atoms with Crippen LogP contribution in [0.3, 0.4) is 0 Å². The molecule has 2 aromatic rings. The standard InChI is InChI=1S/C15H17F3O2.C11H7F3O2S/c1-14(2,3)12-6-4-5-10(8-12)7-11(13(19)20)9-15(16,17)18;12-11(13,14)9-7(10(15)16)5-6-3-1-2-4-8(6)17-9/h4-8H,9H2,1-3H3,(H,19,20);1-5,9H,(H,15,16)/b11-7+;. The molecule has 3 rings (SSSR count). The van der Waals surface area contributed by atoms with Crippen molar-refractivity contribution < 1.29 is 46.1 Å². The molecule has 0 aromatic heterocycles. The van der Waals surface area contributed by atoms with E-state index < -0.39 is 47.1 Å². The molecular weight excluding hydrogens is 522 g/mol. The Balaban J connectivity index is 0.000000263. The molecule has 0 fully saturated rings. The lowest BCUT2D eigenvalue weighted by Crippen LogP contribution is -2.32. The van der Waals surface area contributed by atoms with Gasteiger partial charge in [-0.3, -0.25) is 0 Å². The van der Waals surface area contributed by atoms with E-state index in [1.807, 2.05) is 26.8 Å². The van der Waals surface area contributed by atoms with E-state index in [0.29, 0.717) is 27.8 Å². The fourth-order valence-electron chi connectivity index (χ4n) is 3.26. The zero-order valence-electron chi connectivity index (χ0n) is 19.9. The Labute approximate surface area is 213 Å². The molecule has 0 saturated carbocycles. The maximum absolute atomic E-state index is 12.7. The lowest BCUT2D eigenvalue weighted by atomic mass is 9.86. The molecule has 0 saturated heterocycles. The molecule has 11 heteroatoms. The van der Waals surface area contributed by atoms with Gasteiger partial charge >= 0.3 is 24.3 Å². The fourth-order valence-corrected chi connectivity index (χ4v) is 4.36. The average Bonchev–Trinajstić information content (AvgIpc) is 2.76. The van der Waals surface area contributed by atoms with Crippen molar-refractivity contribution in [3.05, 3.63) is 76.4 Å². The van der Waals surface area contributed by atoms with Gasteiger partial charge in [-0.2, -0.15) is 26.3 Å². The van der Waals surface area contributed by atoms with E-state index in [4.69, 9.17) is 10.2 Å². The molecule has 37 heavy (non-hydrogen) atoms. The van der Waals surface area contributed by atoms with Crippen molar-refractivity contribution in [2.24, 2.45) is 0 Å².